The standard InChI is InChI=1S/C17H29N3OS.2ClH/c1-12-6-8-20(9-7-12)15(16-5-4-10-22-16)11-19-17(21)13(2)14(3)18;;/h4-5,10,12-15H,6-9,11,18H2,1-3H3,(H,19,21);2*1H. The third-order valence-electron chi connectivity index (χ3n) is 4.80. The molecule has 4 nitrogen and oxygen atoms in total. The van der Waals surface area contributed by atoms with Crippen molar-refractivity contribution >= 4 is 42.1 Å². The molecule has 0 saturated carbocycles. The Hall–Kier alpha value is -0.330. The number of likely N-dealkylation sites (tertiary alicyclic amines) is 1. The number of hydrogen-bond acceptors (Lipinski definition) is 4. The first kappa shape index (κ1) is 23.7. The van der Waals surface area contributed by atoms with Crippen molar-refractivity contribution in [2.75, 3.05) is 19.6 Å². The van der Waals surface area contributed by atoms with Gasteiger partial charge in [0.15, 0.2) is 0 Å². The molecule has 0 bridgehead atoms. The molecule has 1 saturated heterocycles. The Balaban J connectivity index is 0.00000264. The van der Waals surface area contributed by atoms with Crippen LogP contribution in [-0.4, -0.2) is 36.5 Å². The van der Waals surface area contributed by atoms with Gasteiger partial charge in [-0.15, -0.1) is 36.2 Å². The maximum absolute atomic E-state index is 12.2. The van der Waals surface area contributed by atoms with Crippen LogP contribution in [0.15, 0.2) is 17.5 Å². The molecule has 1 fully saturated rings. The number of nitrogens with two attached hydrogens (primary N) is 1. The first-order chi connectivity index (χ1) is 10.5. The van der Waals surface area contributed by atoms with Crippen LogP contribution in [0.3, 0.4) is 0 Å². The zero-order chi connectivity index (χ0) is 16.1. The molecule has 140 valence electrons. The Bertz CT molecular complexity index is 462. The quantitative estimate of drug-likeness (QED) is 0.774. The van der Waals surface area contributed by atoms with Gasteiger partial charge in [0.2, 0.25) is 5.91 Å². The monoisotopic (exact) mass is 395 g/mol. The third-order valence-corrected chi connectivity index (χ3v) is 5.78. The van der Waals surface area contributed by atoms with E-state index in [2.05, 4.69) is 34.7 Å². The highest BCUT2D eigenvalue weighted by Crippen LogP contribution is 2.29. The van der Waals surface area contributed by atoms with E-state index in [1.165, 1.54) is 17.7 Å². The molecule has 7 heteroatoms. The Kier molecular flexibility index (Phi) is 11.2. The fourth-order valence-corrected chi connectivity index (χ4v) is 3.69. The number of carbonyl (C=O) groups is 1. The van der Waals surface area contributed by atoms with E-state index in [4.69, 9.17) is 5.73 Å². The van der Waals surface area contributed by atoms with Gasteiger partial charge in [-0.1, -0.05) is 19.9 Å². The lowest BCUT2D eigenvalue weighted by atomic mass is 9.97. The number of amides is 1. The van der Waals surface area contributed by atoms with Crippen LogP contribution < -0.4 is 11.1 Å². The first-order valence-electron chi connectivity index (χ1n) is 8.29. The van der Waals surface area contributed by atoms with Gasteiger partial charge >= 0.3 is 0 Å². The first-order valence-corrected chi connectivity index (χ1v) is 9.17. The third kappa shape index (κ3) is 6.52. The molecule has 0 aromatic carbocycles. The second-order valence-corrected chi connectivity index (χ2v) is 7.62. The van der Waals surface area contributed by atoms with E-state index in [-0.39, 0.29) is 48.7 Å². The summed E-state index contributed by atoms with van der Waals surface area (Å²) in [5.41, 5.74) is 5.83. The predicted molar refractivity (Wildman–Crippen MR) is 107 cm³/mol. The van der Waals surface area contributed by atoms with E-state index < -0.39 is 0 Å². The number of hydrogen-bond donors (Lipinski definition) is 2. The molecule has 1 aromatic rings. The summed E-state index contributed by atoms with van der Waals surface area (Å²) in [4.78, 5) is 16.0. The highest BCUT2D eigenvalue weighted by atomic mass is 35.5. The molecule has 3 unspecified atom stereocenters. The summed E-state index contributed by atoms with van der Waals surface area (Å²) in [7, 11) is 0. The van der Waals surface area contributed by atoms with Crippen LogP contribution in [0.4, 0.5) is 0 Å². The zero-order valence-electron chi connectivity index (χ0n) is 14.7. The lowest BCUT2D eigenvalue weighted by Crippen LogP contribution is -2.44. The fourth-order valence-electron chi connectivity index (χ4n) is 2.83. The normalized spacial score (nSPS) is 19.5. The average molecular weight is 396 g/mol. The molecule has 1 amide bonds. The SMILES string of the molecule is CC1CCN(C(CNC(=O)C(C)C(C)N)c2cccs2)CC1.Cl.Cl. The summed E-state index contributed by atoms with van der Waals surface area (Å²) in [5.74, 6) is 0.722. The van der Waals surface area contributed by atoms with E-state index in [9.17, 15) is 4.79 Å². The average Bonchev–Trinajstić information content (AvgIpc) is 3.02. The van der Waals surface area contributed by atoms with Crippen molar-refractivity contribution in [3.05, 3.63) is 22.4 Å². The molecule has 2 heterocycles. The van der Waals surface area contributed by atoms with Gasteiger partial charge in [0.25, 0.3) is 0 Å². The maximum atomic E-state index is 12.2. The van der Waals surface area contributed by atoms with Gasteiger partial charge in [-0.05, 0) is 50.2 Å². The van der Waals surface area contributed by atoms with Crippen LogP contribution in [0, 0.1) is 11.8 Å². The van der Waals surface area contributed by atoms with Crippen LogP contribution in [-0.2, 0) is 4.79 Å². The molecule has 0 radical (unpaired) electrons. The highest BCUT2D eigenvalue weighted by Gasteiger charge is 2.26. The zero-order valence-corrected chi connectivity index (χ0v) is 17.2. The lowest BCUT2D eigenvalue weighted by Gasteiger charge is -2.36. The number of halogens is 2. The number of thiophene rings is 1. The summed E-state index contributed by atoms with van der Waals surface area (Å²) in [6.07, 6.45) is 2.48. The van der Waals surface area contributed by atoms with Gasteiger partial charge in [-0.25, -0.2) is 0 Å². The fraction of sp³-hybridized carbons (Fsp3) is 0.706. The van der Waals surface area contributed by atoms with Crippen molar-refractivity contribution in [2.45, 2.75) is 45.7 Å². The summed E-state index contributed by atoms with van der Waals surface area (Å²) in [5, 5.41) is 5.22. The van der Waals surface area contributed by atoms with E-state index in [1.807, 2.05) is 13.8 Å². The van der Waals surface area contributed by atoms with Gasteiger partial charge < -0.3 is 11.1 Å². The second kappa shape index (κ2) is 11.3. The number of nitrogens with one attached hydrogen (secondary N) is 1. The Morgan fingerprint density at radius 1 is 1.38 bits per heavy atom. The van der Waals surface area contributed by atoms with Crippen molar-refractivity contribution in [3.63, 3.8) is 0 Å². The molecular formula is C17H31Cl2N3OS. The molecule has 3 atom stereocenters. The summed E-state index contributed by atoms with van der Waals surface area (Å²) in [6.45, 7) is 9.00. The van der Waals surface area contributed by atoms with Gasteiger partial charge in [0.05, 0.1) is 6.04 Å². The molecule has 2 rings (SSSR count). The summed E-state index contributed by atoms with van der Waals surface area (Å²) < 4.78 is 0. The molecule has 1 aromatic heterocycles. The molecule has 24 heavy (non-hydrogen) atoms. The summed E-state index contributed by atoms with van der Waals surface area (Å²) >= 11 is 1.77. The summed E-state index contributed by atoms with van der Waals surface area (Å²) in [6, 6.07) is 4.44. The van der Waals surface area contributed by atoms with Crippen molar-refractivity contribution in [1.29, 1.82) is 0 Å². The van der Waals surface area contributed by atoms with E-state index >= 15 is 0 Å². The van der Waals surface area contributed by atoms with Gasteiger partial charge in [-0.3, -0.25) is 9.69 Å². The van der Waals surface area contributed by atoms with Gasteiger partial charge in [-0.2, -0.15) is 0 Å². The number of piperidine rings is 1. The predicted octanol–water partition coefficient (Wildman–Crippen LogP) is 3.46. The number of carbonyl (C=O) groups excluding carboxylic acids is 1. The topological polar surface area (TPSA) is 58.4 Å². The number of nitrogens with zero attached hydrogens (tertiary/aromatic N) is 1. The van der Waals surface area contributed by atoms with E-state index in [0.717, 1.165) is 19.0 Å². The Labute approximate surface area is 162 Å². The van der Waals surface area contributed by atoms with Crippen LogP contribution in [0.5, 0.6) is 0 Å². The van der Waals surface area contributed by atoms with Crippen LogP contribution in [0.1, 0.15) is 44.5 Å². The molecule has 0 spiro atoms. The van der Waals surface area contributed by atoms with Crippen molar-refractivity contribution in [2.24, 2.45) is 17.6 Å². The van der Waals surface area contributed by atoms with Gasteiger partial charge in [0, 0.05) is 23.4 Å². The molecule has 1 aliphatic rings. The molecule has 1 aliphatic heterocycles. The molecular weight excluding hydrogens is 365 g/mol. The largest absolute Gasteiger partial charge is 0.354 e. The van der Waals surface area contributed by atoms with E-state index in [1.54, 1.807) is 11.3 Å². The van der Waals surface area contributed by atoms with Crippen molar-refractivity contribution in [1.82, 2.24) is 10.2 Å². The molecule has 3 N–H and O–H groups in total. The minimum atomic E-state index is -0.148. The minimum Gasteiger partial charge on any atom is -0.354 e. The maximum Gasteiger partial charge on any atom is 0.224 e. The van der Waals surface area contributed by atoms with Crippen LogP contribution in [0.25, 0.3) is 0 Å². The van der Waals surface area contributed by atoms with Crippen molar-refractivity contribution < 1.29 is 4.79 Å². The van der Waals surface area contributed by atoms with Gasteiger partial charge in [0.1, 0.15) is 0 Å². The molecule has 0 aliphatic carbocycles. The smallest absolute Gasteiger partial charge is 0.224 e. The van der Waals surface area contributed by atoms with Crippen LogP contribution in [0.2, 0.25) is 0 Å². The Morgan fingerprint density at radius 3 is 2.50 bits per heavy atom. The van der Waals surface area contributed by atoms with E-state index in [0.29, 0.717) is 6.54 Å². The second-order valence-electron chi connectivity index (χ2n) is 6.64. The number of rotatable bonds is 6. The lowest BCUT2D eigenvalue weighted by molar-refractivity contribution is -0.125. The Morgan fingerprint density at radius 2 is 2.00 bits per heavy atom. The minimum absolute atomic E-state index is 0. The highest BCUT2D eigenvalue weighted by molar-refractivity contribution is 7.10. The van der Waals surface area contributed by atoms with Crippen molar-refractivity contribution in [3.8, 4) is 0 Å². The van der Waals surface area contributed by atoms with Crippen LogP contribution >= 0.6 is 36.2 Å².